The van der Waals surface area contributed by atoms with Gasteiger partial charge in [0.15, 0.2) is 11.6 Å². The molecule has 0 saturated carbocycles. The van der Waals surface area contributed by atoms with Crippen LogP contribution in [0, 0.1) is 5.82 Å². The number of hydrogen-bond acceptors (Lipinski definition) is 7. The van der Waals surface area contributed by atoms with Gasteiger partial charge in [-0.25, -0.2) is 4.39 Å². The summed E-state index contributed by atoms with van der Waals surface area (Å²) >= 11 is 6.41. The van der Waals surface area contributed by atoms with Crippen LogP contribution >= 0.6 is 24.0 Å². The van der Waals surface area contributed by atoms with E-state index < -0.39 is 11.4 Å². The molecule has 1 saturated heterocycles. The Kier molecular flexibility index (Phi) is 5.53. The summed E-state index contributed by atoms with van der Waals surface area (Å²) in [7, 11) is 0. The summed E-state index contributed by atoms with van der Waals surface area (Å²) in [5.41, 5.74) is -0.153. The number of aromatic nitrogens is 2. The van der Waals surface area contributed by atoms with Gasteiger partial charge < -0.3 is 9.15 Å². The van der Waals surface area contributed by atoms with E-state index in [9.17, 15) is 14.0 Å². The van der Waals surface area contributed by atoms with Gasteiger partial charge in [-0.2, -0.15) is 4.98 Å². The number of carbonyl (C=O) groups excluding carboxylic acids is 1. The van der Waals surface area contributed by atoms with Gasteiger partial charge in [0.1, 0.15) is 21.3 Å². The van der Waals surface area contributed by atoms with Crippen LogP contribution in [0.3, 0.4) is 0 Å². The molecule has 7 nitrogen and oxygen atoms in total. The van der Waals surface area contributed by atoms with Crippen LogP contribution in [0.5, 0.6) is 11.6 Å². The van der Waals surface area contributed by atoms with Crippen molar-refractivity contribution in [3.05, 3.63) is 99.5 Å². The van der Waals surface area contributed by atoms with Crippen molar-refractivity contribution in [1.29, 1.82) is 0 Å². The predicted octanol–water partition coefficient (Wildman–Crippen LogP) is 4.62. The summed E-state index contributed by atoms with van der Waals surface area (Å²) < 4.78 is 26.9. The minimum Gasteiger partial charge on any atom is -0.467 e. The number of rotatable bonds is 5. The van der Waals surface area contributed by atoms with Crippen molar-refractivity contribution in [2.75, 3.05) is 0 Å². The molecule has 4 aromatic rings. The van der Waals surface area contributed by atoms with Gasteiger partial charge in [-0.15, -0.1) is 0 Å². The normalized spacial score (nSPS) is 15.1. The number of carbonyl (C=O) groups is 1. The van der Waals surface area contributed by atoms with Crippen molar-refractivity contribution in [2.45, 2.75) is 6.54 Å². The maximum absolute atomic E-state index is 14.2. The number of halogens is 1. The van der Waals surface area contributed by atoms with E-state index in [1.807, 2.05) is 0 Å². The van der Waals surface area contributed by atoms with E-state index in [0.717, 1.165) is 11.8 Å². The van der Waals surface area contributed by atoms with Crippen LogP contribution in [0.1, 0.15) is 11.3 Å². The van der Waals surface area contributed by atoms with Gasteiger partial charge in [0.2, 0.25) is 5.88 Å². The van der Waals surface area contributed by atoms with Crippen molar-refractivity contribution in [3.8, 4) is 11.6 Å². The monoisotopic (exact) mass is 479 g/mol. The quantitative estimate of drug-likeness (QED) is 0.305. The van der Waals surface area contributed by atoms with Gasteiger partial charge in [-0.1, -0.05) is 42.2 Å². The molecule has 1 aliphatic rings. The number of pyridine rings is 1. The lowest BCUT2D eigenvalue weighted by molar-refractivity contribution is -0.122. The Balaban J connectivity index is 1.59. The Bertz CT molecular complexity index is 1480. The van der Waals surface area contributed by atoms with Gasteiger partial charge in [0.05, 0.1) is 17.7 Å². The first kappa shape index (κ1) is 21.1. The zero-order valence-corrected chi connectivity index (χ0v) is 18.4. The number of benzene rings is 1. The highest BCUT2D eigenvalue weighted by molar-refractivity contribution is 8.26. The molecule has 5 rings (SSSR count). The molecule has 33 heavy (non-hydrogen) atoms. The highest BCUT2D eigenvalue weighted by Gasteiger charge is 2.33. The maximum atomic E-state index is 14.2. The Morgan fingerprint density at radius 2 is 1.94 bits per heavy atom. The van der Waals surface area contributed by atoms with Gasteiger partial charge >= 0.3 is 0 Å². The average molecular weight is 480 g/mol. The lowest BCUT2D eigenvalue weighted by atomic mass is 10.2. The van der Waals surface area contributed by atoms with Crippen molar-refractivity contribution >= 4 is 45.9 Å². The summed E-state index contributed by atoms with van der Waals surface area (Å²) in [5.74, 6) is -0.625. The van der Waals surface area contributed by atoms with Crippen LogP contribution in [-0.2, 0) is 11.3 Å². The molecule has 1 amide bonds. The molecule has 1 fully saturated rings. The van der Waals surface area contributed by atoms with E-state index in [0.29, 0.717) is 15.7 Å². The fourth-order valence-electron chi connectivity index (χ4n) is 3.24. The second kappa shape index (κ2) is 8.64. The Hall–Kier alpha value is -3.76. The van der Waals surface area contributed by atoms with Crippen molar-refractivity contribution in [2.24, 2.45) is 0 Å². The smallest absolute Gasteiger partial charge is 0.269 e. The van der Waals surface area contributed by atoms with E-state index in [2.05, 4.69) is 4.98 Å². The van der Waals surface area contributed by atoms with Crippen LogP contribution in [0.4, 0.5) is 4.39 Å². The first-order valence-electron chi connectivity index (χ1n) is 9.73. The third kappa shape index (κ3) is 4.06. The Labute approximate surface area is 196 Å². The van der Waals surface area contributed by atoms with Crippen LogP contribution < -0.4 is 10.3 Å². The first-order valence-corrected chi connectivity index (χ1v) is 11.0. The number of para-hydroxylation sites is 1. The van der Waals surface area contributed by atoms with E-state index in [4.69, 9.17) is 21.4 Å². The molecule has 0 bridgehead atoms. The molecule has 0 atom stereocenters. The fraction of sp³-hybridized carbons (Fsp3) is 0.0435. The number of nitrogens with zero attached hydrogens (tertiary/aromatic N) is 3. The van der Waals surface area contributed by atoms with Crippen molar-refractivity contribution < 1.29 is 18.3 Å². The lowest BCUT2D eigenvalue weighted by Crippen LogP contribution is -2.27. The molecule has 0 unspecified atom stereocenters. The SMILES string of the molecule is O=C1C(=Cc2c(Oc3ccccc3F)nc3ccccn3c2=O)SC(=S)N1Cc1ccco1. The second-order valence-electron chi connectivity index (χ2n) is 6.94. The van der Waals surface area contributed by atoms with Gasteiger partial charge in [0, 0.05) is 6.20 Å². The number of furan rings is 1. The van der Waals surface area contributed by atoms with Gasteiger partial charge in [-0.3, -0.25) is 18.9 Å². The number of hydrogen-bond donors (Lipinski definition) is 0. The average Bonchev–Trinajstić information content (AvgIpc) is 3.42. The largest absolute Gasteiger partial charge is 0.467 e. The summed E-state index contributed by atoms with van der Waals surface area (Å²) in [4.78, 5) is 32.3. The molecule has 0 spiro atoms. The van der Waals surface area contributed by atoms with Crippen LogP contribution in [-0.4, -0.2) is 24.5 Å². The Morgan fingerprint density at radius 3 is 2.73 bits per heavy atom. The lowest BCUT2D eigenvalue weighted by Gasteiger charge is -2.12. The number of thiocarbonyl (C=S) groups is 1. The minimum absolute atomic E-state index is 0.000418. The van der Waals surface area contributed by atoms with Gasteiger partial charge in [0.25, 0.3) is 11.5 Å². The molecular weight excluding hydrogens is 465 g/mol. The first-order chi connectivity index (χ1) is 16.0. The van der Waals surface area contributed by atoms with Crippen LogP contribution in [0.2, 0.25) is 0 Å². The molecule has 10 heteroatoms. The molecule has 1 aliphatic heterocycles. The fourth-order valence-corrected chi connectivity index (χ4v) is 4.48. The zero-order valence-electron chi connectivity index (χ0n) is 16.8. The van der Waals surface area contributed by atoms with Crippen molar-refractivity contribution in [1.82, 2.24) is 14.3 Å². The summed E-state index contributed by atoms with van der Waals surface area (Å²) in [6.07, 6.45) is 4.44. The topological polar surface area (TPSA) is 77.0 Å². The highest BCUT2D eigenvalue weighted by Crippen LogP contribution is 2.35. The molecule has 164 valence electrons. The Morgan fingerprint density at radius 1 is 1.12 bits per heavy atom. The highest BCUT2D eigenvalue weighted by atomic mass is 32.2. The summed E-state index contributed by atoms with van der Waals surface area (Å²) in [6.45, 7) is 0.169. The van der Waals surface area contributed by atoms with Crippen molar-refractivity contribution in [3.63, 3.8) is 0 Å². The molecular formula is C23H14FN3O4S2. The number of amides is 1. The van der Waals surface area contributed by atoms with E-state index in [-0.39, 0.29) is 34.6 Å². The van der Waals surface area contributed by atoms with E-state index in [1.54, 1.807) is 42.6 Å². The van der Waals surface area contributed by atoms with Crippen LogP contribution in [0.15, 0.2) is 81.2 Å². The van der Waals surface area contributed by atoms with Crippen LogP contribution in [0.25, 0.3) is 11.7 Å². The maximum Gasteiger partial charge on any atom is 0.269 e. The number of fused-ring (bicyclic) bond motifs is 1. The van der Waals surface area contributed by atoms with E-state index >= 15 is 0 Å². The number of ether oxygens (including phenoxy) is 1. The molecule has 3 aromatic heterocycles. The minimum atomic E-state index is -0.608. The molecule has 4 heterocycles. The van der Waals surface area contributed by atoms with E-state index in [1.165, 1.54) is 39.8 Å². The third-order valence-electron chi connectivity index (χ3n) is 4.82. The van der Waals surface area contributed by atoms with Gasteiger partial charge in [-0.05, 0) is 42.5 Å². The molecule has 0 N–H and O–H groups in total. The second-order valence-corrected chi connectivity index (χ2v) is 8.62. The zero-order chi connectivity index (χ0) is 22.9. The molecule has 0 radical (unpaired) electrons. The third-order valence-corrected chi connectivity index (χ3v) is 6.20. The molecule has 0 aliphatic carbocycles. The molecule has 1 aromatic carbocycles. The number of thioether (sulfide) groups is 1. The summed E-state index contributed by atoms with van der Waals surface area (Å²) in [5, 5.41) is 0. The standard InChI is InChI=1S/C23H14FN3O4S2/c24-16-7-1-2-8-17(16)31-20-15(21(28)26-10-4-3-9-19(26)25-20)12-18-22(29)27(23(32)33-18)13-14-6-5-11-30-14/h1-12H,13H2. The predicted molar refractivity (Wildman–Crippen MR) is 125 cm³/mol. The summed E-state index contributed by atoms with van der Waals surface area (Å²) in [6, 6.07) is 14.3.